The van der Waals surface area contributed by atoms with Crippen molar-refractivity contribution in [1.29, 1.82) is 0 Å². The molecule has 1 aromatic carbocycles. The summed E-state index contributed by atoms with van der Waals surface area (Å²) in [5.41, 5.74) is 6.03. The number of ether oxygens (including phenoxy) is 2. The first kappa shape index (κ1) is 12.6. The molecule has 1 saturated heterocycles. The lowest BCUT2D eigenvalue weighted by atomic mass is 9.78. The van der Waals surface area contributed by atoms with E-state index in [2.05, 4.69) is 0 Å². The molecule has 1 heterocycles. The molecular formula is C15H19NO3. The van der Waals surface area contributed by atoms with Crippen molar-refractivity contribution < 1.29 is 14.3 Å². The van der Waals surface area contributed by atoms with Crippen LogP contribution in [0.4, 0.5) is 0 Å². The molecule has 2 atom stereocenters. The molecule has 102 valence electrons. The second kappa shape index (κ2) is 4.62. The Morgan fingerprint density at radius 3 is 2.89 bits per heavy atom. The van der Waals surface area contributed by atoms with E-state index in [1.165, 1.54) is 0 Å². The number of Topliss-reactive ketones (excluding diaryl/α,β-unsaturated/α-hetero) is 1. The fourth-order valence-electron chi connectivity index (χ4n) is 2.34. The van der Waals surface area contributed by atoms with Gasteiger partial charge in [-0.25, -0.2) is 0 Å². The van der Waals surface area contributed by atoms with Crippen LogP contribution in [-0.2, 0) is 4.74 Å². The maximum atomic E-state index is 12.6. The second-order valence-electron chi connectivity index (χ2n) is 5.71. The van der Waals surface area contributed by atoms with E-state index < -0.39 is 5.41 Å². The van der Waals surface area contributed by atoms with Crippen molar-refractivity contribution in [2.24, 2.45) is 11.1 Å². The monoisotopic (exact) mass is 261 g/mol. The van der Waals surface area contributed by atoms with Crippen LogP contribution in [-0.4, -0.2) is 31.1 Å². The molecule has 0 spiro atoms. The molecule has 4 nitrogen and oxygen atoms in total. The first-order chi connectivity index (χ1) is 9.09. The lowest BCUT2D eigenvalue weighted by Gasteiger charge is -2.25. The van der Waals surface area contributed by atoms with Crippen LogP contribution in [0.5, 0.6) is 5.75 Å². The average Bonchev–Trinajstić information content (AvgIpc) is 3.15. The molecule has 0 amide bonds. The van der Waals surface area contributed by atoms with Gasteiger partial charge in [0.2, 0.25) is 0 Å². The average molecular weight is 261 g/mol. The van der Waals surface area contributed by atoms with Crippen molar-refractivity contribution in [1.82, 2.24) is 0 Å². The molecule has 0 radical (unpaired) electrons. The van der Waals surface area contributed by atoms with E-state index in [0.717, 1.165) is 18.6 Å². The summed E-state index contributed by atoms with van der Waals surface area (Å²) in [5.74, 6) is 0.809. The number of ketones is 1. The zero-order valence-electron chi connectivity index (χ0n) is 11.1. The highest BCUT2D eigenvalue weighted by Crippen LogP contribution is 2.33. The summed E-state index contributed by atoms with van der Waals surface area (Å²) in [5, 5.41) is 0. The van der Waals surface area contributed by atoms with Crippen LogP contribution >= 0.6 is 0 Å². The number of nitrogens with two attached hydrogens (primary N) is 1. The summed E-state index contributed by atoms with van der Waals surface area (Å²) in [4.78, 5) is 12.6. The van der Waals surface area contributed by atoms with Gasteiger partial charge in [-0.05, 0) is 31.9 Å². The smallest absolute Gasteiger partial charge is 0.172 e. The van der Waals surface area contributed by atoms with Gasteiger partial charge in [0.25, 0.3) is 0 Å². The third kappa shape index (κ3) is 2.38. The van der Waals surface area contributed by atoms with Crippen LogP contribution in [0.15, 0.2) is 24.3 Å². The third-order valence-corrected chi connectivity index (χ3v) is 3.96. The van der Waals surface area contributed by atoms with Gasteiger partial charge in [-0.3, -0.25) is 4.79 Å². The SMILES string of the molecule is CC1(C(=O)c2cccc(OC3CC3)c2)COCC1N. The van der Waals surface area contributed by atoms with Gasteiger partial charge in [0.1, 0.15) is 5.75 Å². The Kier molecular flexibility index (Phi) is 3.07. The summed E-state index contributed by atoms with van der Waals surface area (Å²) in [7, 11) is 0. The van der Waals surface area contributed by atoms with E-state index >= 15 is 0 Å². The van der Waals surface area contributed by atoms with Crippen LogP contribution in [0.2, 0.25) is 0 Å². The Bertz CT molecular complexity index is 498. The number of benzene rings is 1. The van der Waals surface area contributed by atoms with Crippen LogP contribution in [0.25, 0.3) is 0 Å². The van der Waals surface area contributed by atoms with Crippen molar-refractivity contribution in [2.75, 3.05) is 13.2 Å². The zero-order valence-corrected chi connectivity index (χ0v) is 11.1. The molecule has 2 aliphatic rings. The van der Waals surface area contributed by atoms with Gasteiger partial charge in [-0.15, -0.1) is 0 Å². The van der Waals surface area contributed by atoms with E-state index in [0.29, 0.717) is 24.9 Å². The van der Waals surface area contributed by atoms with E-state index in [1.54, 1.807) is 0 Å². The zero-order chi connectivity index (χ0) is 13.5. The Balaban J connectivity index is 1.82. The van der Waals surface area contributed by atoms with Gasteiger partial charge in [-0.1, -0.05) is 12.1 Å². The van der Waals surface area contributed by atoms with Crippen molar-refractivity contribution in [3.8, 4) is 5.75 Å². The summed E-state index contributed by atoms with van der Waals surface area (Å²) in [6.45, 7) is 2.71. The minimum Gasteiger partial charge on any atom is -0.490 e. The summed E-state index contributed by atoms with van der Waals surface area (Å²) < 4.78 is 11.1. The van der Waals surface area contributed by atoms with Crippen LogP contribution in [0.1, 0.15) is 30.1 Å². The predicted molar refractivity (Wildman–Crippen MR) is 71.3 cm³/mol. The lowest BCUT2D eigenvalue weighted by molar-refractivity contribution is 0.0767. The second-order valence-corrected chi connectivity index (χ2v) is 5.71. The van der Waals surface area contributed by atoms with Crippen molar-refractivity contribution in [3.05, 3.63) is 29.8 Å². The standard InChI is InChI=1S/C15H19NO3/c1-15(9-18-8-13(15)16)14(17)10-3-2-4-12(7-10)19-11-5-6-11/h2-4,7,11,13H,5-6,8-9,16H2,1H3. The largest absolute Gasteiger partial charge is 0.490 e. The highest BCUT2D eigenvalue weighted by molar-refractivity contribution is 6.01. The Morgan fingerprint density at radius 2 is 2.26 bits per heavy atom. The van der Waals surface area contributed by atoms with Gasteiger partial charge in [0, 0.05) is 11.6 Å². The van der Waals surface area contributed by atoms with Crippen molar-refractivity contribution >= 4 is 5.78 Å². The van der Waals surface area contributed by atoms with Gasteiger partial charge >= 0.3 is 0 Å². The Labute approximate surface area is 112 Å². The Morgan fingerprint density at radius 1 is 1.47 bits per heavy atom. The van der Waals surface area contributed by atoms with E-state index in [4.69, 9.17) is 15.2 Å². The fourth-order valence-corrected chi connectivity index (χ4v) is 2.34. The van der Waals surface area contributed by atoms with E-state index in [-0.39, 0.29) is 11.8 Å². The topological polar surface area (TPSA) is 61.5 Å². The molecule has 2 unspecified atom stereocenters. The normalized spacial score (nSPS) is 30.3. The van der Waals surface area contributed by atoms with Gasteiger partial charge in [0.15, 0.2) is 5.78 Å². The molecular weight excluding hydrogens is 242 g/mol. The van der Waals surface area contributed by atoms with Gasteiger partial charge < -0.3 is 15.2 Å². The van der Waals surface area contributed by atoms with Crippen LogP contribution < -0.4 is 10.5 Å². The molecule has 1 aliphatic carbocycles. The minimum absolute atomic E-state index is 0.0405. The number of carbonyl (C=O) groups is 1. The van der Waals surface area contributed by atoms with Crippen molar-refractivity contribution in [2.45, 2.75) is 31.9 Å². The molecule has 19 heavy (non-hydrogen) atoms. The quantitative estimate of drug-likeness (QED) is 0.839. The Hall–Kier alpha value is -1.39. The van der Waals surface area contributed by atoms with Crippen LogP contribution in [0, 0.1) is 5.41 Å². The first-order valence-electron chi connectivity index (χ1n) is 6.74. The van der Waals surface area contributed by atoms with Crippen LogP contribution in [0.3, 0.4) is 0 Å². The van der Waals surface area contributed by atoms with Gasteiger partial charge in [-0.2, -0.15) is 0 Å². The van der Waals surface area contributed by atoms with E-state index in [9.17, 15) is 4.79 Å². The molecule has 4 heteroatoms. The molecule has 3 rings (SSSR count). The summed E-state index contributed by atoms with van der Waals surface area (Å²) in [6, 6.07) is 7.14. The molecule has 0 bridgehead atoms. The first-order valence-corrected chi connectivity index (χ1v) is 6.74. The molecule has 1 saturated carbocycles. The maximum absolute atomic E-state index is 12.6. The number of carbonyl (C=O) groups excluding carboxylic acids is 1. The number of hydrogen-bond acceptors (Lipinski definition) is 4. The number of rotatable bonds is 4. The number of hydrogen-bond donors (Lipinski definition) is 1. The predicted octanol–water partition coefficient (Wildman–Crippen LogP) is 1.77. The van der Waals surface area contributed by atoms with Crippen molar-refractivity contribution in [3.63, 3.8) is 0 Å². The summed E-state index contributed by atoms with van der Waals surface area (Å²) in [6.07, 6.45) is 2.54. The minimum atomic E-state index is -0.627. The fraction of sp³-hybridized carbons (Fsp3) is 0.533. The third-order valence-electron chi connectivity index (χ3n) is 3.96. The molecule has 2 fully saturated rings. The van der Waals surface area contributed by atoms with E-state index in [1.807, 2.05) is 31.2 Å². The molecule has 0 aromatic heterocycles. The highest BCUT2D eigenvalue weighted by atomic mass is 16.5. The lowest BCUT2D eigenvalue weighted by Crippen LogP contribution is -2.44. The molecule has 2 N–H and O–H groups in total. The summed E-state index contributed by atoms with van der Waals surface area (Å²) >= 11 is 0. The molecule has 1 aromatic rings. The maximum Gasteiger partial charge on any atom is 0.172 e. The van der Waals surface area contributed by atoms with Gasteiger partial charge in [0.05, 0.1) is 24.7 Å². The highest BCUT2D eigenvalue weighted by Gasteiger charge is 2.44. The molecule has 1 aliphatic heterocycles.